The Morgan fingerprint density at radius 1 is 1.12 bits per heavy atom. The highest BCUT2D eigenvalue weighted by Crippen LogP contribution is 2.42. The number of benzene rings is 1. The van der Waals surface area contributed by atoms with Gasteiger partial charge < -0.3 is 0 Å². The first-order chi connectivity index (χ1) is 7.64. The molecular formula is C7H2ClF3N2O4. The summed E-state index contributed by atoms with van der Waals surface area (Å²) in [6.45, 7) is 0. The maximum absolute atomic E-state index is 12.4. The van der Waals surface area contributed by atoms with Crippen LogP contribution in [0.3, 0.4) is 0 Å². The molecule has 6 nitrogen and oxygen atoms in total. The number of alkyl halides is 3. The van der Waals surface area contributed by atoms with Crippen LogP contribution in [0.4, 0.5) is 24.5 Å². The molecule has 1 rings (SSSR count). The van der Waals surface area contributed by atoms with E-state index in [0.717, 1.165) is 0 Å². The third-order valence-corrected chi connectivity index (χ3v) is 2.04. The molecule has 1 aromatic rings. The van der Waals surface area contributed by atoms with E-state index in [-0.39, 0.29) is 6.07 Å². The summed E-state index contributed by atoms with van der Waals surface area (Å²) >= 11 is 5.18. The molecule has 17 heavy (non-hydrogen) atoms. The fourth-order valence-corrected chi connectivity index (χ4v) is 1.42. The molecule has 0 atom stereocenters. The van der Waals surface area contributed by atoms with Gasteiger partial charge in [0.25, 0.3) is 11.4 Å². The van der Waals surface area contributed by atoms with E-state index in [1.54, 1.807) is 0 Å². The second-order valence-corrected chi connectivity index (χ2v) is 3.24. The van der Waals surface area contributed by atoms with Gasteiger partial charge in [0.15, 0.2) is 5.56 Å². The van der Waals surface area contributed by atoms with Crippen LogP contribution in [-0.2, 0) is 6.18 Å². The number of hydrogen-bond donors (Lipinski definition) is 0. The summed E-state index contributed by atoms with van der Waals surface area (Å²) in [5.74, 6) is 0. The highest BCUT2D eigenvalue weighted by Gasteiger charge is 2.42. The Morgan fingerprint density at radius 2 is 1.65 bits per heavy atom. The molecule has 0 aliphatic heterocycles. The van der Waals surface area contributed by atoms with Crippen LogP contribution in [-0.4, -0.2) is 9.85 Å². The Hall–Kier alpha value is -1.90. The molecule has 0 heterocycles. The van der Waals surface area contributed by atoms with Crippen LogP contribution in [0.5, 0.6) is 0 Å². The lowest BCUT2D eigenvalue weighted by Gasteiger charge is -2.08. The highest BCUT2D eigenvalue weighted by atomic mass is 35.5. The molecule has 0 aromatic heterocycles. The monoisotopic (exact) mass is 270 g/mol. The predicted molar refractivity (Wildman–Crippen MR) is 49.8 cm³/mol. The number of halogens is 4. The van der Waals surface area contributed by atoms with Gasteiger partial charge in [-0.25, -0.2) is 0 Å². The van der Waals surface area contributed by atoms with Crippen molar-refractivity contribution in [3.63, 3.8) is 0 Å². The number of rotatable bonds is 2. The van der Waals surface area contributed by atoms with Gasteiger partial charge in [-0.2, -0.15) is 13.2 Å². The molecule has 0 spiro atoms. The van der Waals surface area contributed by atoms with Crippen LogP contribution in [0.15, 0.2) is 12.1 Å². The third kappa shape index (κ3) is 2.61. The van der Waals surface area contributed by atoms with Gasteiger partial charge in [0.2, 0.25) is 0 Å². The second kappa shape index (κ2) is 4.17. The van der Waals surface area contributed by atoms with Gasteiger partial charge in [0.1, 0.15) is 0 Å². The van der Waals surface area contributed by atoms with Crippen LogP contribution in [0.2, 0.25) is 5.02 Å². The van der Waals surface area contributed by atoms with Gasteiger partial charge >= 0.3 is 6.18 Å². The van der Waals surface area contributed by atoms with Gasteiger partial charge in [-0.05, 0) is 0 Å². The van der Waals surface area contributed by atoms with Gasteiger partial charge in [-0.3, -0.25) is 20.2 Å². The SMILES string of the molecule is O=[N+]([O-])c1cc(Cl)c(C(F)(F)F)c([N+](=O)[O-])c1. The summed E-state index contributed by atoms with van der Waals surface area (Å²) < 4.78 is 37.3. The first kappa shape index (κ1) is 13.2. The zero-order chi connectivity index (χ0) is 13.4. The molecule has 0 unspecified atom stereocenters. The summed E-state index contributed by atoms with van der Waals surface area (Å²) in [7, 11) is 0. The topological polar surface area (TPSA) is 86.3 Å². The van der Waals surface area contributed by atoms with Crippen molar-refractivity contribution in [2.45, 2.75) is 6.18 Å². The molecule has 0 fully saturated rings. The minimum absolute atomic E-state index is 0.217. The predicted octanol–water partition coefficient (Wildman–Crippen LogP) is 3.18. The van der Waals surface area contributed by atoms with Crippen LogP contribution < -0.4 is 0 Å². The molecule has 0 aliphatic carbocycles. The molecule has 1 aromatic carbocycles. The molecule has 0 N–H and O–H groups in total. The van der Waals surface area contributed by atoms with Crippen molar-refractivity contribution in [2.75, 3.05) is 0 Å². The summed E-state index contributed by atoms with van der Waals surface area (Å²) in [5.41, 5.74) is -4.03. The number of non-ortho nitro benzene ring substituents is 1. The van der Waals surface area contributed by atoms with E-state index in [0.29, 0.717) is 6.07 Å². The number of nitro groups is 2. The summed E-state index contributed by atoms with van der Waals surface area (Å²) in [6, 6.07) is 0.631. The Labute approximate surface area is 95.9 Å². The fourth-order valence-electron chi connectivity index (χ4n) is 1.11. The number of hydrogen-bond acceptors (Lipinski definition) is 4. The number of nitro benzene ring substituents is 2. The first-order valence-electron chi connectivity index (χ1n) is 3.84. The lowest BCUT2D eigenvalue weighted by Crippen LogP contribution is -2.10. The zero-order valence-electron chi connectivity index (χ0n) is 7.69. The van der Waals surface area contributed by atoms with Crippen molar-refractivity contribution in [3.05, 3.63) is 42.9 Å². The van der Waals surface area contributed by atoms with Crippen molar-refractivity contribution >= 4 is 23.0 Å². The standard InChI is InChI=1S/C7H2ClF3N2O4/c8-4-1-3(12(14)15)2-5(13(16)17)6(4)7(9,10)11/h1-2H. The highest BCUT2D eigenvalue weighted by molar-refractivity contribution is 6.32. The Morgan fingerprint density at radius 3 is 2.00 bits per heavy atom. The average Bonchev–Trinajstić information content (AvgIpc) is 2.13. The summed E-state index contributed by atoms with van der Waals surface area (Å²) in [4.78, 5) is 18.3. The molecule has 0 saturated heterocycles. The average molecular weight is 271 g/mol. The van der Waals surface area contributed by atoms with Crippen LogP contribution in [0, 0.1) is 20.2 Å². The Bertz CT molecular complexity index is 503. The number of nitrogens with zero attached hydrogens (tertiary/aromatic N) is 2. The maximum atomic E-state index is 12.4. The van der Waals surface area contributed by atoms with Gasteiger partial charge in [-0.15, -0.1) is 0 Å². The van der Waals surface area contributed by atoms with Gasteiger partial charge in [0.05, 0.1) is 20.9 Å². The smallest absolute Gasteiger partial charge is 0.258 e. The fraction of sp³-hybridized carbons (Fsp3) is 0.143. The van der Waals surface area contributed by atoms with E-state index >= 15 is 0 Å². The van der Waals surface area contributed by atoms with Crippen molar-refractivity contribution in [1.29, 1.82) is 0 Å². The van der Waals surface area contributed by atoms with Gasteiger partial charge in [-0.1, -0.05) is 11.6 Å². The normalized spacial score (nSPS) is 11.3. The lowest BCUT2D eigenvalue weighted by molar-refractivity contribution is -0.396. The molecule has 0 aliphatic rings. The van der Waals surface area contributed by atoms with Crippen LogP contribution in [0.25, 0.3) is 0 Å². The second-order valence-electron chi connectivity index (χ2n) is 2.83. The van der Waals surface area contributed by atoms with E-state index in [1.807, 2.05) is 0 Å². The molecule has 10 heteroatoms. The van der Waals surface area contributed by atoms with E-state index in [2.05, 4.69) is 0 Å². The van der Waals surface area contributed by atoms with Crippen LogP contribution >= 0.6 is 11.6 Å². The Balaban J connectivity index is 3.61. The summed E-state index contributed by atoms with van der Waals surface area (Å²) in [5, 5.41) is 19.7. The maximum Gasteiger partial charge on any atom is 0.424 e. The van der Waals surface area contributed by atoms with Crippen molar-refractivity contribution in [2.24, 2.45) is 0 Å². The largest absolute Gasteiger partial charge is 0.424 e. The quantitative estimate of drug-likeness (QED) is 0.610. The molecule has 0 amide bonds. The summed E-state index contributed by atoms with van der Waals surface area (Å²) in [6.07, 6.45) is -5.06. The molecule has 92 valence electrons. The van der Waals surface area contributed by atoms with E-state index in [1.165, 1.54) is 0 Å². The molecular weight excluding hydrogens is 269 g/mol. The Kier molecular flexibility index (Phi) is 3.23. The van der Waals surface area contributed by atoms with E-state index in [4.69, 9.17) is 11.6 Å². The zero-order valence-corrected chi connectivity index (χ0v) is 8.45. The van der Waals surface area contributed by atoms with E-state index in [9.17, 15) is 33.4 Å². The third-order valence-electron chi connectivity index (χ3n) is 1.75. The minimum atomic E-state index is -5.06. The van der Waals surface area contributed by atoms with Crippen LogP contribution in [0.1, 0.15) is 5.56 Å². The van der Waals surface area contributed by atoms with Crippen molar-refractivity contribution in [3.8, 4) is 0 Å². The lowest BCUT2D eigenvalue weighted by atomic mass is 10.1. The molecule has 0 radical (unpaired) electrons. The van der Waals surface area contributed by atoms with Crippen molar-refractivity contribution in [1.82, 2.24) is 0 Å². The first-order valence-corrected chi connectivity index (χ1v) is 4.22. The van der Waals surface area contributed by atoms with Crippen molar-refractivity contribution < 1.29 is 23.0 Å². The minimum Gasteiger partial charge on any atom is -0.258 e. The molecule has 0 saturated carbocycles. The molecule has 0 bridgehead atoms. The van der Waals surface area contributed by atoms with Gasteiger partial charge in [0, 0.05) is 6.07 Å². The van der Waals surface area contributed by atoms with E-state index < -0.39 is 38.0 Å².